The minimum atomic E-state index is -0.0457. The Morgan fingerprint density at radius 1 is 0.786 bits per heavy atom. The normalized spacial score (nSPS) is 36.6. The van der Waals surface area contributed by atoms with Crippen LogP contribution in [-0.4, -0.2) is 35.2 Å². The Labute approximate surface area is 87.3 Å². The molecular weight excluding hydrogens is 174 g/mol. The molecule has 2 rings (SSSR count). The monoisotopic (exact) mass is 197 g/mol. The molecule has 0 amide bonds. The van der Waals surface area contributed by atoms with Crippen LogP contribution in [0.1, 0.15) is 51.4 Å². The lowest BCUT2D eigenvalue weighted by Crippen LogP contribution is -2.45. The summed E-state index contributed by atoms with van der Waals surface area (Å²) < 4.78 is 0. The second-order valence-corrected chi connectivity index (χ2v) is 4.87. The van der Waals surface area contributed by atoms with Crippen LogP contribution < -0.4 is 0 Å². The van der Waals surface area contributed by atoms with E-state index in [-0.39, 0.29) is 6.10 Å². The Hall–Kier alpha value is -0.0800. The summed E-state index contributed by atoms with van der Waals surface area (Å²) in [7, 11) is 0. The molecule has 0 unspecified atom stereocenters. The average molecular weight is 197 g/mol. The maximum Gasteiger partial charge on any atom is 0.0695 e. The minimum Gasteiger partial charge on any atom is -0.391 e. The van der Waals surface area contributed by atoms with Gasteiger partial charge in [0.25, 0.3) is 0 Å². The van der Waals surface area contributed by atoms with E-state index in [4.69, 9.17) is 0 Å². The zero-order valence-electron chi connectivity index (χ0n) is 9.12. The first-order valence-electron chi connectivity index (χ1n) is 6.30. The van der Waals surface area contributed by atoms with Gasteiger partial charge in [-0.3, -0.25) is 4.90 Å². The van der Waals surface area contributed by atoms with Crippen LogP contribution in [-0.2, 0) is 0 Å². The first-order valence-corrected chi connectivity index (χ1v) is 6.30. The van der Waals surface area contributed by atoms with Crippen LogP contribution in [0.15, 0.2) is 0 Å². The first-order chi connectivity index (χ1) is 6.88. The van der Waals surface area contributed by atoms with Crippen molar-refractivity contribution in [3.8, 4) is 0 Å². The molecule has 0 aromatic heterocycles. The molecule has 1 saturated heterocycles. The summed E-state index contributed by atoms with van der Waals surface area (Å²) in [5, 5.41) is 10.1. The lowest BCUT2D eigenvalue weighted by molar-refractivity contribution is 0.0340. The number of hydrogen-bond acceptors (Lipinski definition) is 2. The highest BCUT2D eigenvalue weighted by Gasteiger charge is 2.27. The Bertz CT molecular complexity index is 166. The summed E-state index contributed by atoms with van der Waals surface area (Å²) in [4.78, 5) is 2.54. The van der Waals surface area contributed by atoms with Crippen molar-refractivity contribution >= 4 is 0 Å². The fourth-order valence-corrected chi connectivity index (χ4v) is 2.94. The molecular formula is C12H23NO. The number of piperidine rings is 1. The zero-order chi connectivity index (χ0) is 9.80. The van der Waals surface area contributed by atoms with Gasteiger partial charge < -0.3 is 5.11 Å². The number of likely N-dealkylation sites (tertiary alicyclic amines) is 1. The SMILES string of the molecule is O[C@@H]1CCCCC[C@H]1N1CCCCC1. The van der Waals surface area contributed by atoms with Crippen molar-refractivity contribution in [1.29, 1.82) is 0 Å². The number of aliphatic hydroxyl groups excluding tert-OH is 1. The van der Waals surface area contributed by atoms with Gasteiger partial charge in [0.05, 0.1) is 6.10 Å². The van der Waals surface area contributed by atoms with Crippen molar-refractivity contribution in [1.82, 2.24) is 4.90 Å². The number of rotatable bonds is 1. The highest BCUT2D eigenvalue weighted by Crippen LogP contribution is 2.24. The third-order valence-corrected chi connectivity index (χ3v) is 3.80. The molecule has 82 valence electrons. The van der Waals surface area contributed by atoms with Gasteiger partial charge in [0, 0.05) is 6.04 Å². The van der Waals surface area contributed by atoms with E-state index in [1.54, 1.807) is 0 Å². The predicted octanol–water partition coefficient (Wildman–Crippen LogP) is 2.17. The van der Waals surface area contributed by atoms with Crippen molar-refractivity contribution < 1.29 is 5.11 Å². The molecule has 2 heteroatoms. The lowest BCUT2D eigenvalue weighted by atomic mass is 10.0. The maximum absolute atomic E-state index is 10.1. The minimum absolute atomic E-state index is 0.0457. The van der Waals surface area contributed by atoms with E-state index in [1.165, 1.54) is 58.0 Å². The Kier molecular flexibility index (Phi) is 3.82. The van der Waals surface area contributed by atoms with Crippen LogP contribution in [0.5, 0.6) is 0 Å². The molecule has 0 aromatic carbocycles. The summed E-state index contributed by atoms with van der Waals surface area (Å²) in [6.07, 6.45) is 10.1. The third kappa shape index (κ3) is 2.48. The van der Waals surface area contributed by atoms with E-state index in [2.05, 4.69) is 4.90 Å². The second kappa shape index (κ2) is 5.13. The van der Waals surface area contributed by atoms with Gasteiger partial charge in [-0.05, 0) is 38.8 Å². The Morgan fingerprint density at radius 2 is 1.43 bits per heavy atom. The summed E-state index contributed by atoms with van der Waals surface area (Å²) in [5.41, 5.74) is 0. The van der Waals surface area contributed by atoms with Crippen molar-refractivity contribution in [2.45, 2.75) is 63.5 Å². The van der Waals surface area contributed by atoms with Crippen LogP contribution in [0.2, 0.25) is 0 Å². The van der Waals surface area contributed by atoms with Crippen LogP contribution in [0.3, 0.4) is 0 Å². The fourth-order valence-electron chi connectivity index (χ4n) is 2.94. The molecule has 2 atom stereocenters. The molecule has 1 N–H and O–H groups in total. The van der Waals surface area contributed by atoms with E-state index in [0.29, 0.717) is 6.04 Å². The van der Waals surface area contributed by atoms with E-state index in [0.717, 1.165) is 6.42 Å². The Morgan fingerprint density at radius 3 is 2.21 bits per heavy atom. The van der Waals surface area contributed by atoms with Gasteiger partial charge in [-0.1, -0.05) is 25.7 Å². The van der Waals surface area contributed by atoms with Gasteiger partial charge >= 0.3 is 0 Å². The standard InChI is InChI=1S/C12H23NO/c14-12-8-4-1-3-7-11(12)13-9-5-2-6-10-13/h11-12,14H,1-10H2/t11-,12-/m1/s1. The van der Waals surface area contributed by atoms with E-state index < -0.39 is 0 Å². The molecule has 0 aromatic rings. The summed E-state index contributed by atoms with van der Waals surface area (Å²) in [6.45, 7) is 2.45. The molecule has 1 aliphatic heterocycles. The molecule has 0 radical (unpaired) electrons. The van der Waals surface area contributed by atoms with Crippen molar-refractivity contribution in [3.05, 3.63) is 0 Å². The number of hydrogen-bond donors (Lipinski definition) is 1. The van der Waals surface area contributed by atoms with Gasteiger partial charge in [0.15, 0.2) is 0 Å². The quantitative estimate of drug-likeness (QED) is 0.651. The van der Waals surface area contributed by atoms with Gasteiger partial charge in [-0.25, -0.2) is 0 Å². The second-order valence-electron chi connectivity index (χ2n) is 4.87. The summed E-state index contributed by atoms with van der Waals surface area (Å²) in [6, 6.07) is 0.484. The largest absolute Gasteiger partial charge is 0.391 e. The van der Waals surface area contributed by atoms with Crippen LogP contribution in [0, 0.1) is 0 Å². The zero-order valence-corrected chi connectivity index (χ0v) is 9.12. The van der Waals surface area contributed by atoms with Crippen molar-refractivity contribution in [3.63, 3.8) is 0 Å². The third-order valence-electron chi connectivity index (χ3n) is 3.80. The maximum atomic E-state index is 10.1. The van der Waals surface area contributed by atoms with Crippen LogP contribution in [0.4, 0.5) is 0 Å². The van der Waals surface area contributed by atoms with E-state index in [1.807, 2.05) is 0 Å². The van der Waals surface area contributed by atoms with Gasteiger partial charge in [-0.15, -0.1) is 0 Å². The van der Waals surface area contributed by atoms with E-state index in [9.17, 15) is 5.11 Å². The van der Waals surface area contributed by atoms with Gasteiger partial charge in [0.1, 0.15) is 0 Å². The molecule has 2 nitrogen and oxygen atoms in total. The highest BCUT2D eigenvalue weighted by molar-refractivity contribution is 4.83. The molecule has 0 bridgehead atoms. The van der Waals surface area contributed by atoms with Crippen LogP contribution >= 0.6 is 0 Å². The highest BCUT2D eigenvalue weighted by atomic mass is 16.3. The fraction of sp³-hybridized carbons (Fsp3) is 1.00. The number of nitrogens with zero attached hydrogens (tertiary/aromatic N) is 1. The molecule has 1 saturated carbocycles. The molecule has 14 heavy (non-hydrogen) atoms. The topological polar surface area (TPSA) is 23.5 Å². The van der Waals surface area contributed by atoms with E-state index >= 15 is 0 Å². The predicted molar refractivity (Wildman–Crippen MR) is 58.3 cm³/mol. The average Bonchev–Trinajstić information content (AvgIpc) is 2.44. The molecule has 0 spiro atoms. The summed E-state index contributed by atoms with van der Waals surface area (Å²) >= 11 is 0. The smallest absolute Gasteiger partial charge is 0.0695 e. The molecule has 1 aliphatic carbocycles. The number of aliphatic hydroxyl groups is 1. The van der Waals surface area contributed by atoms with Gasteiger partial charge in [-0.2, -0.15) is 0 Å². The van der Waals surface area contributed by atoms with Crippen LogP contribution in [0.25, 0.3) is 0 Å². The summed E-state index contributed by atoms with van der Waals surface area (Å²) in [5.74, 6) is 0. The molecule has 2 fully saturated rings. The Balaban J connectivity index is 1.91. The molecule has 1 heterocycles. The van der Waals surface area contributed by atoms with Crippen molar-refractivity contribution in [2.75, 3.05) is 13.1 Å². The lowest BCUT2D eigenvalue weighted by Gasteiger charge is -2.36. The van der Waals surface area contributed by atoms with Gasteiger partial charge in [0.2, 0.25) is 0 Å². The first kappa shape index (κ1) is 10.4. The molecule has 2 aliphatic rings. The van der Waals surface area contributed by atoms with Crippen molar-refractivity contribution in [2.24, 2.45) is 0 Å².